The van der Waals surface area contributed by atoms with E-state index in [4.69, 9.17) is 0 Å². The number of carbonyl (C=O) groups is 1. The monoisotopic (exact) mass is 280 g/mol. The fraction of sp³-hybridized carbons (Fsp3) is 0.462. The highest BCUT2D eigenvalue weighted by molar-refractivity contribution is 5.98. The van der Waals surface area contributed by atoms with Crippen molar-refractivity contribution in [3.63, 3.8) is 0 Å². The summed E-state index contributed by atoms with van der Waals surface area (Å²) >= 11 is 0. The maximum atomic E-state index is 13.2. The molecule has 0 bridgehead atoms. The summed E-state index contributed by atoms with van der Waals surface area (Å²) in [7, 11) is 0. The van der Waals surface area contributed by atoms with Crippen molar-refractivity contribution in [1.82, 2.24) is 4.90 Å². The first-order valence-electron chi connectivity index (χ1n) is 6.36. The van der Waals surface area contributed by atoms with E-state index in [-0.39, 0.29) is 24.6 Å². The number of aliphatic hydroxyl groups is 1. The molecule has 3 rings (SSSR count). The molecule has 1 saturated heterocycles. The van der Waals surface area contributed by atoms with E-state index in [9.17, 15) is 24.4 Å². The number of amides is 1. The minimum atomic E-state index is -0.863. The third-order valence-electron chi connectivity index (χ3n) is 3.94. The van der Waals surface area contributed by atoms with Crippen LogP contribution >= 0.6 is 0 Å². The van der Waals surface area contributed by atoms with E-state index in [1.54, 1.807) is 0 Å². The maximum absolute atomic E-state index is 13.2. The Balaban J connectivity index is 1.81. The SMILES string of the molecule is O=C(c1cc(F)ccc1[N+](=O)[O-])N1CC(O)(C2CC2)C1. The number of nitro groups is 1. The van der Waals surface area contributed by atoms with E-state index in [1.807, 2.05) is 0 Å². The zero-order valence-corrected chi connectivity index (χ0v) is 10.6. The molecule has 1 aromatic rings. The molecule has 1 aliphatic carbocycles. The van der Waals surface area contributed by atoms with E-state index < -0.39 is 27.9 Å². The number of halogens is 1. The van der Waals surface area contributed by atoms with Crippen LogP contribution in [0.2, 0.25) is 0 Å². The van der Waals surface area contributed by atoms with Gasteiger partial charge in [0.1, 0.15) is 17.0 Å². The van der Waals surface area contributed by atoms with Crippen molar-refractivity contribution in [3.8, 4) is 0 Å². The van der Waals surface area contributed by atoms with Gasteiger partial charge in [-0.25, -0.2) is 4.39 Å². The second-order valence-electron chi connectivity index (χ2n) is 5.46. The van der Waals surface area contributed by atoms with E-state index >= 15 is 0 Å². The van der Waals surface area contributed by atoms with Crippen molar-refractivity contribution >= 4 is 11.6 Å². The molecule has 0 aromatic heterocycles. The van der Waals surface area contributed by atoms with Crippen molar-refractivity contribution in [2.24, 2.45) is 5.92 Å². The third-order valence-corrected chi connectivity index (χ3v) is 3.94. The molecular weight excluding hydrogens is 267 g/mol. The number of rotatable bonds is 3. The minimum Gasteiger partial charge on any atom is -0.386 e. The Labute approximate surface area is 114 Å². The number of nitrogens with zero attached hydrogens (tertiary/aromatic N) is 2. The van der Waals surface area contributed by atoms with Gasteiger partial charge in [0.2, 0.25) is 0 Å². The minimum absolute atomic E-state index is 0.157. The fourth-order valence-electron chi connectivity index (χ4n) is 2.65. The van der Waals surface area contributed by atoms with Gasteiger partial charge in [-0.3, -0.25) is 14.9 Å². The summed E-state index contributed by atoms with van der Waals surface area (Å²) in [4.78, 5) is 23.7. The summed E-state index contributed by atoms with van der Waals surface area (Å²) in [5.41, 5.74) is -1.55. The largest absolute Gasteiger partial charge is 0.386 e. The van der Waals surface area contributed by atoms with E-state index in [0.29, 0.717) is 0 Å². The first-order chi connectivity index (χ1) is 9.40. The maximum Gasteiger partial charge on any atom is 0.282 e. The molecule has 1 heterocycles. The number of β-amino-alcohol motifs (C(OH)–C–C–N with tert-alkyl or cyclic N) is 1. The van der Waals surface area contributed by atoms with Crippen LogP contribution in [0, 0.1) is 21.8 Å². The molecule has 7 heteroatoms. The molecule has 1 aromatic carbocycles. The highest BCUT2D eigenvalue weighted by Gasteiger charge is 2.53. The Bertz CT molecular complexity index is 594. The van der Waals surface area contributed by atoms with Crippen LogP contribution in [0.1, 0.15) is 23.2 Å². The summed E-state index contributed by atoms with van der Waals surface area (Å²) in [5.74, 6) is -1.09. The van der Waals surface area contributed by atoms with Gasteiger partial charge in [0.15, 0.2) is 0 Å². The van der Waals surface area contributed by atoms with Crippen molar-refractivity contribution in [2.75, 3.05) is 13.1 Å². The molecule has 20 heavy (non-hydrogen) atoms. The number of benzene rings is 1. The number of nitro benzene ring substituents is 1. The van der Waals surface area contributed by atoms with Gasteiger partial charge in [0.25, 0.3) is 11.6 Å². The molecule has 1 N–H and O–H groups in total. The van der Waals surface area contributed by atoms with Crippen LogP contribution in [0.4, 0.5) is 10.1 Å². The molecule has 0 unspecified atom stereocenters. The summed E-state index contributed by atoms with van der Waals surface area (Å²) in [6.07, 6.45) is 1.89. The summed E-state index contributed by atoms with van der Waals surface area (Å²) in [6.45, 7) is 0.314. The fourth-order valence-corrected chi connectivity index (χ4v) is 2.65. The van der Waals surface area contributed by atoms with Gasteiger partial charge in [-0.1, -0.05) is 0 Å². The average molecular weight is 280 g/mol. The lowest BCUT2D eigenvalue weighted by Gasteiger charge is -2.46. The number of carbonyl (C=O) groups excluding carboxylic acids is 1. The van der Waals surface area contributed by atoms with E-state index in [2.05, 4.69) is 0 Å². The van der Waals surface area contributed by atoms with Gasteiger partial charge >= 0.3 is 0 Å². The van der Waals surface area contributed by atoms with E-state index in [0.717, 1.165) is 31.0 Å². The number of likely N-dealkylation sites (tertiary alicyclic amines) is 1. The first-order valence-corrected chi connectivity index (χ1v) is 6.36. The van der Waals surface area contributed by atoms with Crippen molar-refractivity contribution in [1.29, 1.82) is 0 Å². The van der Waals surface area contributed by atoms with Crippen molar-refractivity contribution in [2.45, 2.75) is 18.4 Å². The van der Waals surface area contributed by atoms with Gasteiger partial charge in [0.05, 0.1) is 18.0 Å². The Morgan fingerprint density at radius 1 is 1.45 bits per heavy atom. The zero-order valence-electron chi connectivity index (χ0n) is 10.6. The van der Waals surface area contributed by atoms with Crippen LogP contribution in [0.15, 0.2) is 18.2 Å². The summed E-state index contributed by atoms with van der Waals surface area (Å²) < 4.78 is 13.2. The molecule has 0 atom stereocenters. The third kappa shape index (κ3) is 2.03. The van der Waals surface area contributed by atoms with Gasteiger partial charge in [-0.05, 0) is 30.9 Å². The summed E-state index contributed by atoms with van der Waals surface area (Å²) in [6, 6.07) is 2.80. The molecule has 1 saturated carbocycles. The van der Waals surface area contributed by atoms with Crippen LogP contribution in [-0.4, -0.2) is 39.5 Å². The topological polar surface area (TPSA) is 83.7 Å². The first kappa shape index (κ1) is 13.0. The molecule has 106 valence electrons. The standard InChI is InChI=1S/C13H13FN2O4/c14-9-3-4-11(16(19)20)10(5-9)12(17)15-6-13(18,7-15)8-1-2-8/h3-5,8,18H,1-2,6-7H2. The van der Waals surface area contributed by atoms with Crippen molar-refractivity contribution in [3.05, 3.63) is 39.7 Å². The zero-order chi connectivity index (χ0) is 14.5. The molecule has 0 radical (unpaired) electrons. The summed E-state index contributed by atoms with van der Waals surface area (Å²) in [5, 5.41) is 21.0. The number of hydrogen-bond acceptors (Lipinski definition) is 4. The van der Waals surface area contributed by atoms with E-state index in [1.165, 1.54) is 4.90 Å². The Morgan fingerprint density at radius 2 is 2.10 bits per heavy atom. The van der Waals surface area contributed by atoms with Gasteiger partial charge in [-0.15, -0.1) is 0 Å². The van der Waals surface area contributed by atoms with Gasteiger partial charge < -0.3 is 10.0 Å². The molecule has 0 spiro atoms. The van der Waals surface area contributed by atoms with Gasteiger partial charge in [-0.2, -0.15) is 0 Å². The predicted molar refractivity (Wildman–Crippen MR) is 66.6 cm³/mol. The number of hydrogen-bond donors (Lipinski definition) is 1. The van der Waals surface area contributed by atoms with Crippen molar-refractivity contribution < 1.29 is 19.2 Å². The molecule has 6 nitrogen and oxygen atoms in total. The molecule has 1 amide bonds. The molecular formula is C13H13FN2O4. The van der Waals surface area contributed by atoms with Crippen LogP contribution in [0.25, 0.3) is 0 Å². The highest BCUT2D eigenvalue weighted by Crippen LogP contribution is 2.45. The Kier molecular flexibility index (Phi) is 2.75. The lowest BCUT2D eigenvalue weighted by atomic mass is 9.88. The highest BCUT2D eigenvalue weighted by atomic mass is 19.1. The van der Waals surface area contributed by atoms with Crippen LogP contribution < -0.4 is 0 Å². The quantitative estimate of drug-likeness (QED) is 0.668. The molecule has 2 fully saturated rings. The Morgan fingerprint density at radius 3 is 2.65 bits per heavy atom. The smallest absolute Gasteiger partial charge is 0.282 e. The van der Waals surface area contributed by atoms with Crippen LogP contribution in [-0.2, 0) is 0 Å². The van der Waals surface area contributed by atoms with Crippen LogP contribution in [0.3, 0.4) is 0 Å². The lowest BCUT2D eigenvalue weighted by molar-refractivity contribution is -0.385. The normalized spacial score (nSPS) is 20.4. The second-order valence-corrected chi connectivity index (χ2v) is 5.46. The van der Waals surface area contributed by atoms with Gasteiger partial charge in [0, 0.05) is 6.07 Å². The lowest BCUT2D eigenvalue weighted by Crippen LogP contribution is -2.64. The molecule has 2 aliphatic rings. The Hall–Kier alpha value is -2.02. The average Bonchev–Trinajstić information content (AvgIpc) is 3.18. The van der Waals surface area contributed by atoms with Crippen LogP contribution in [0.5, 0.6) is 0 Å². The second kappa shape index (κ2) is 4.24. The predicted octanol–water partition coefficient (Wildman–Crippen LogP) is 1.33. The molecule has 1 aliphatic heterocycles.